The predicted octanol–water partition coefficient (Wildman–Crippen LogP) is 1.33. The van der Waals surface area contributed by atoms with E-state index in [1.54, 1.807) is 0 Å². The fraction of sp³-hybridized carbons (Fsp3) is 1.00. The van der Waals surface area contributed by atoms with E-state index < -0.39 is 0 Å². The summed E-state index contributed by atoms with van der Waals surface area (Å²) < 4.78 is 5.40. The molecule has 0 aliphatic carbocycles. The van der Waals surface area contributed by atoms with Crippen LogP contribution in [-0.2, 0) is 4.74 Å². The third kappa shape index (κ3) is 4.09. The summed E-state index contributed by atoms with van der Waals surface area (Å²) in [6, 6.07) is 0.538. The number of hydrogen-bond donors (Lipinski definition) is 1. The SMILES string of the molecule is CC(C)CN(C)C(CN)C1CCOCC1. The standard InChI is InChI=1S/C12H26N2O/c1-10(2)9-14(3)12(8-13)11-4-6-15-7-5-11/h10-12H,4-9,13H2,1-3H3. The lowest BCUT2D eigenvalue weighted by Gasteiger charge is -2.36. The highest BCUT2D eigenvalue weighted by molar-refractivity contribution is 4.80. The minimum Gasteiger partial charge on any atom is -0.381 e. The van der Waals surface area contributed by atoms with Crippen molar-refractivity contribution in [3.63, 3.8) is 0 Å². The second-order valence-electron chi connectivity index (χ2n) is 5.09. The van der Waals surface area contributed by atoms with E-state index in [4.69, 9.17) is 10.5 Å². The monoisotopic (exact) mass is 214 g/mol. The molecule has 0 spiro atoms. The van der Waals surface area contributed by atoms with Crippen molar-refractivity contribution in [3.05, 3.63) is 0 Å². The highest BCUT2D eigenvalue weighted by Gasteiger charge is 2.26. The first-order valence-corrected chi connectivity index (χ1v) is 6.13. The lowest BCUT2D eigenvalue weighted by Crippen LogP contribution is -2.46. The first-order valence-electron chi connectivity index (χ1n) is 6.13. The van der Waals surface area contributed by atoms with Gasteiger partial charge in [0.2, 0.25) is 0 Å². The maximum absolute atomic E-state index is 5.90. The van der Waals surface area contributed by atoms with Crippen molar-refractivity contribution in [3.8, 4) is 0 Å². The minimum atomic E-state index is 0.538. The molecule has 0 saturated carbocycles. The molecule has 0 aromatic carbocycles. The molecule has 1 atom stereocenters. The largest absolute Gasteiger partial charge is 0.381 e. The highest BCUT2D eigenvalue weighted by Crippen LogP contribution is 2.22. The van der Waals surface area contributed by atoms with E-state index in [-0.39, 0.29) is 0 Å². The zero-order chi connectivity index (χ0) is 11.3. The summed E-state index contributed by atoms with van der Waals surface area (Å²) in [5.74, 6) is 1.44. The molecule has 0 aromatic rings. The van der Waals surface area contributed by atoms with Gasteiger partial charge < -0.3 is 15.4 Å². The molecule has 3 heteroatoms. The molecule has 0 bridgehead atoms. The number of nitrogens with zero attached hydrogens (tertiary/aromatic N) is 1. The molecule has 3 nitrogen and oxygen atoms in total. The quantitative estimate of drug-likeness (QED) is 0.750. The summed E-state index contributed by atoms with van der Waals surface area (Å²) in [6.07, 6.45) is 2.34. The summed E-state index contributed by atoms with van der Waals surface area (Å²) in [5, 5.41) is 0. The van der Waals surface area contributed by atoms with Gasteiger partial charge >= 0.3 is 0 Å². The van der Waals surface area contributed by atoms with Crippen molar-refractivity contribution in [2.75, 3.05) is 33.4 Å². The van der Waals surface area contributed by atoms with Crippen LogP contribution in [0.2, 0.25) is 0 Å². The van der Waals surface area contributed by atoms with E-state index in [0.29, 0.717) is 12.0 Å². The van der Waals surface area contributed by atoms with Crippen LogP contribution in [0.5, 0.6) is 0 Å². The van der Waals surface area contributed by atoms with Gasteiger partial charge in [-0.05, 0) is 31.7 Å². The van der Waals surface area contributed by atoms with Crippen LogP contribution >= 0.6 is 0 Å². The maximum atomic E-state index is 5.90. The second kappa shape index (κ2) is 6.46. The van der Waals surface area contributed by atoms with Gasteiger partial charge in [0, 0.05) is 32.3 Å². The maximum Gasteiger partial charge on any atom is 0.0469 e. The summed E-state index contributed by atoms with van der Waals surface area (Å²) in [5.41, 5.74) is 5.90. The molecule has 1 aliphatic rings. The molecule has 1 rings (SSSR count). The summed E-state index contributed by atoms with van der Waals surface area (Å²) in [6.45, 7) is 8.25. The Morgan fingerprint density at radius 2 is 1.93 bits per heavy atom. The molecular formula is C12H26N2O. The molecule has 1 heterocycles. The lowest BCUT2D eigenvalue weighted by molar-refractivity contribution is 0.0316. The molecule has 1 fully saturated rings. The Balaban J connectivity index is 2.45. The molecule has 1 unspecified atom stereocenters. The molecule has 1 saturated heterocycles. The Kier molecular flexibility index (Phi) is 5.58. The van der Waals surface area contributed by atoms with Gasteiger partial charge in [-0.2, -0.15) is 0 Å². The van der Waals surface area contributed by atoms with Crippen molar-refractivity contribution < 1.29 is 4.74 Å². The molecule has 2 N–H and O–H groups in total. The number of hydrogen-bond acceptors (Lipinski definition) is 3. The Morgan fingerprint density at radius 1 is 1.33 bits per heavy atom. The van der Waals surface area contributed by atoms with Gasteiger partial charge in [0.25, 0.3) is 0 Å². The van der Waals surface area contributed by atoms with Crippen LogP contribution in [0.4, 0.5) is 0 Å². The average Bonchev–Trinajstić information content (AvgIpc) is 2.19. The van der Waals surface area contributed by atoms with Crippen molar-refractivity contribution in [2.45, 2.75) is 32.7 Å². The predicted molar refractivity (Wildman–Crippen MR) is 63.9 cm³/mol. The number of rotatable bonds is 5. The Labute approximate surface area is 94.0 Å². The van der Waals surface area contributed by atoms with Crippen molar-refractivity contribution in [2.24, 2.45) is 17.6 Å². The first kappa shape index (κ1) is 12.9. The van der Waals surface area contributed by atoms with Crippen LogP contribution in [0.25, 0.3) is 0 Å². The fourth-order valence-electron chi connectivity index (χ4n) is 2.54. The molecule has 0 radical (unpaired) electrons. The van der Waals surface area contributed by atoms with Crippen LogP contribution in [0.1, 0.15) is 26.7 Å². The molecule has 90 valence electrons. The number of ether oxygens (including phenoxy) is 1. The average molecular weight is 214 g/mol. The number of nitrogens with two attached hydrogens (primary N) is 1. The Hall–Kier alpha value is -0.120. The van der Waals surface area contributed by atoms with Gasteiger partial charge in [-0.15, -0.1) is 0 Å². The van der Waals surface area contributed by atoms with Gasteiger partial charge in [-0.25, -0.2) is 0 Å². The van der Waals surface area contributed by atoms with Crippen molar-refractivity contribution in [1.82, 2.24) is 4.90 Å². The summed E-state index contributed by atoms with van der Waals surface area (Å²) >= 11 is 0. The van der Waals surface area contributed by atoms with Crippen LogP contribution in [-0.4, -0.2) is 44.3 Å². The van der Waals surface area contributed by atoms with E-state index in [0.717, 1.165) is 32.2 Å². The normalized spacial score (nSPS) is 21.2. The van der Waals surface area contributed by atoms with Gasteiger partial charge in [-0.3, -0.25) is 0 Å². The van der Waals surface area contributed by atoms with E-state index in [1.807, 2.05) is 0 Å². The molecule has 0 amide bonds. The lowest BCUT2D eigenvalue weighted by atomic mass is 9.90. The van der Waals surface area contributed by atoms with Crippen LogP contribution in [0, 0.1) is 11.8 Å². The van der Waals surface area contributed by atoms with Crippen molar-refractivity contribution in [1.29, 1.82) is 0 Å². The minimum absolute atomic E-state index is 0.538. The van der Waals surface area contributed by atoms with E-state index in [9.17, 15) is 0 Å². The van der Waals surface area contributed by atoms with E-state index in [1.165, 1.54) is 12.8 Å². The second-order valence-corrected chi connectivity index (χ2v) is 5.09. The van der Waals surface area contributed by atoms with Crippen LogP contribution in [0.3, 0.4) is 0 Å². The van der Waals surface area contributed by atoms with Crippen LogP contribution < -0.4 is 5.73 Å². The Bertz CT molecular complexity index is 167. The first-order chi connectivity index (χ1) is 7.15. The van der Waals surface area contributed by atoms with Gasteiger partial charge in [0.05, 0.1) is 0 Å². The third-order valence-corrected chi connectivity index (χ3v) is 3.27. The molecule has 15 heavy (non-hydrogen) atoms. The van der Waals surface area contributed by atoms with Crippen LogP contribution in [0.15, 0.2) is 0 Å². The summed E-state index contributed by atoms with van der Waals surface area (Å²) in [7, 11) is 2.20. The highest BCUT2D eigenvalue weighted by atomic mass is 16.5. The van der Waals surface area contributed by atoms with E-state index >= 15 is 0 Å². The van der Waals surface area contributed by atoms with Gasteiger partial charge in [0.1, 0.15) is 0 Å². The Morgan fingerprint density at radius 3 is 2.40 bits per heavy atom. The summed E-state index contributed by atoms with van der Waals surface area (Å²) in [4.78, 5) is 2.43. The smallest absolute Gasteiger partial charge is 0.0469 e. The molecule has 0 aromatic heterocycles. The molecular weight excluding hydrogens is 188 g/mol. The zero-order valence-electron chi connectivity index (χ0n) is 10.4. The van der Waals surface area contributed by atoms with E-state index in [2.05, 4.69) is 25.8 Å². The topological polar surface area (TPSA) is 38.5 Å². The van der Waals surface area contributed by atoms with Crippen molar-refractivity contribution >= 4 is 0 Å². The van der Waals surface area contributed by atoms with Gasteiger partial charge in [-0.1, -0.05) is 13.8 Å². The third-order valence-electron chi connectivity index (χ3n) is 3.27. The zero-order valence-corrected chi connectivity index (χ0v) is 10.4. The fourth-order valence-corrected chi connectivity index (χ4v) is 2.54. The molecule has 1 aliphatic heterocycles. The van der Waals surface area contributed by atoms with Gasteiger partial charge in [0.15, 0.2) is 0 Å². The number of likely N-dealkylation sites (N-methyl/N-ethyl adjacent to an activating group) is 1.